The molecular formula is C13H14F3NO5. The third-order valence-corrected chi connectivity index (χ3v) is 2.10. The standard InChI is InChI=1S/C13H14F3NO5/c1-9(2)11(19)22-7-10(3-5-17-8-18)12(20)21-6-4-13(14,15)16/h7H,1,3-6H2,2H3/b10-7+. The van der Waals surface area contributed by atoms with Gasteiger partial charge in [-0.05, 0) is 6.92 Å². The Balaban J connectivity index is 4.71. The fourth-order valence-corrected chi connectivity index (χ4v) is 1.01. The Hall–Kier alpha value is -2.41. The van der Waals surface area contributed by atoms with Crippen molar-refractivity contribution in [2.45, 2.75) is 25.9 Å². The lowest BCUT2D eigenvalue weighted by Gasteiger charge is -2.09. The summed E-state index contributed by atoms with van der Waals surface area (Å²) in [5.41, 5.74) is -0.178. The average Bonchev–Trinajstić information content (AvgIpc) is 2.40. The van der Waals surface area contributed by atoms with Crippen LogP contribution in [0, 0.1) is 0 Å². The minimum Gasteiger partial charge on any atom is -0.462 e. The van der Waals surface area contributed by atoms with Crippen molar-refractivity contribution in [3.63, 3.8) is 0 Å². The van der Waals surface area contributed by atoms with Crippen molar-refractivity contribution >= 4 is 18.0 Å². The number of halogens is 3. The van der Waals surface area contributed by atoms with Crippen LogP contribution in [0.3, 0.4) is 0 Å². The molecule has 0 aliphatic carbocycles. The molecule has 22 heavy (non-hydrogen) atoms. The molecule has 6 nitrogen and oxygen atoms in total. The fraction of sp³-hybridized carbons (Fsp3) is 0.462. The molecule has 0 radical (unpaired) electrons. The van der Waals surface area contributed by atoms with Crippen LogP contribution in [0.15, 0.2) is 29.0 Å². The first kappa shape index (κ1) is 19.6. The first-order valence-corrected chi connectivity index (χ1v) is 6.00. The molecule has 0 spiro atoms. The van der Waals surface area contributed by atoms with Crippen LogP contribution in [0.2, 0.25) is 0 Å². The molecule has 0 atom stereocenters. The second-order valence-electron chi connectivity index (χ2n) is 4.05. The Bertz CT molecular complexity index is 504. The largest absolute Gasteiger partial charge is 0.462 e. The molecule has 0 aromatic rings. The molecule has 0 aliphatic heterocycles. The van der Waals surface area contributed by atoms with Gasteiger partial charge in [0, 0.05) is 12.0 Å². The van der Waals surface area contributed by atoms with Gasteiger partial charge in [-0.25, -0.2) is 19.4 Å². The summed E-state index contributed by atoms with van der Waals surface area (Å²) in [5.74, 6) is -1.92. The van der Waals surface area contributed by atoms with Crippen LogP contribution >= 0.6 is 0 Å². The summed E-state index contributed by atoms with van der Waals surface area (Å²) in [7, 11) is 0. The van der Waals surface area contributed by atoms with Crippen molar-refractivity contribution in [2.24, 2.45) is 4.99 Å². The fourth-order valence-electron chi connectivity index (χ4n) is 1.01. The molecule has 9 heteroatoms. The van der Waals surface area contributed by atoms with Crippen molar-refractivity contribution in [2.75, 3.05) is 13.2 Å². The van der Waals surface area contributed by atoms with Gasteiger partial charge in [0.05, 0.1) is 18.5 Å². The quantitative estimate of drug-likeness (QED) is 0.225. The molecule has 0 fully saturated rings. The molecule has 0 bridgehead atoms. The van der Waals surface area contributed by atoms with E-state index in [0.29, 0.717) is 0 Å². The summed E-state index contributed by atoms with van der Waals surface area (Å²) in [6.45, 7) is 3.66. The highest BCUT2D eigenvalue weighted by atomic mass is 19.4. The van der Waals surface area contributed by atoms with Crippen LogP contribution in [0.4, 0.5) is 13.2 Å². The van der Waals surface area contributed by atoms with E-state index in [-0.39, 0.29) is 24.1 Å². The van der Waals surface area contributed by atoms with Gasteiger partial charge in [0.2, 0.25) is 6.08 Å². The summed E-state index contributed by atoms with van der Waals surface area (Å²) in [4.78, 5) is 35.9. The van der Waals surface area contributed by atoms with Crippen LogP contribution in [0.1, 0.15) is 19.8 Å². The molecule has 0 aromatic heterocycles. The lowest BCUT2D eigenvalue weighted by Crippen LogP contribution is -2.16. The van der Waals surface area contributed by atoms with Crippen molar-refractivity contribution in [3.05, 3.63) is 24.0 Å². The number of aliphatic imine (C=N–C) groups is 1. The Morgan fingerprint density at radius 3 is 2.45 bits per heavy atom. The van der Waals surface area contributed by atoms with Gasteiger partial charge in [0.1, 0.15) is 12.9 Å². The Labute approximate surface area is 124 Å². The predicted octanol–water partition coefficient (Wildman–Crippen LogP) is 2.21. The molecule has 0 amide bonds. The van der Waals surface area contributed by atoms with Crippen LogP contribution in [0.5, 0.6) is 0 Å². The third kappa shape index (κ3) is 9.49. The zero-order chi connectivity index (χ0) is 17.2. The van der Waals surface area contributed by atoms with Crippen molar-refractivity contribution < 1.29 is 37.0 Å². The second-order valence-corrected chi connectivity index (χ2v) is 4.05. The first-order chi connectivity index (χ1) is 10.2. The van der Waals surface area contributed by atoms with Crippen molar-refractivity contribution in [3.8, 4) is 0 Å². The van der Waals surface area contributed by atoms with Gasteiger partial charge in [0.15, 0.2) is 0 Å². The lowest BCUT2D eigenvalue weighted by molar-refractivity contribution is -0.156. The molecule has 0 heterocycles. The number of isocyanates is 1. The van der Waals surface area contributed by atoms with E-state index in [1.54, 1.807) is 0 Å². The molecule has 0 rings (SSSR count). The van der Waals surface area contributed by atoms with Gasteiger partial charge < -0.3 is 9.47 Å². The predicted molar refractivity (Wildman–Crippen MR) is 68.2 cm³/mol. The number of hydrogen-bond acceptors (Lipinski definition) is 6. The topological polar surface area (TPSA) is 82.0 Å². The zero-order valence-electron chi connectivity index (χ0n) is 11.7. The molecule has 0 unspecified atom stereocenters. The smallest absolute Gasteiger partial charge is 0.392 e. The van der Waals surface area contributed by atoms with Gasteiger partial charge >= 0.3 is 18.1 Å². The number of hydrogen-bond donors (Lipinski definition) is 0. The van der Waals surface area contributed by atoms with E-state index < -0.39 is 31.1 Å². The summed E-state index contributed by atoms with van der Waals surface area (Å²) < 4.78 is 44.9. The first-order valence-electron chi connectivity index (χ1n) is 6.00. The summed E-state index contributed by atoms with van der Waals surface area (Å²) >= 11 is 0. The van der Waals surface area contributed by atoms with E-state index in [0.717, 1.165) is 6.26 Å². The maximum atomic E-state index is 12.0. The normalized spacial score (nSPS) is 11.4. The Kier molecular flexibility index (Phi) is 8.47. The Morgan fingerprint density at radius 2 is 1.95 bits per heavy atom. The van der Waals surface area contributed by atoms with E-state index >= 15 is 0 Å². The number of ether oxygens (including phenoxy) is 2. The van der Waals surface area contributed by atoms with Gasteiger partial charge in [-0.2, -0.15) is 13.2 Å². The minimum atomic E-state index is -4.46. The van der Waals surface area contributed by atoms with E-state index in [1.807, 2.05) is 0 Å². The van der Waals surface area contributed by atoms with E-state index in [2.05, 4.69) is 21.0 Å². The number of carbonyl (C=O) groups excluding carboxylic acids is 3. The highest BCUT2D eigenvalue weighted by Crippen LogP contribution is 2.19. The van der Waals surface area contributed by atoms with Crippen LogP contribution < -0.4 is 0 Å². The monoisotopic (exact) mass is 321 g/mol. The van der Waals surface area contributed by atoms with E-state index in [4.69, 9.17) is 0 Å². The summed E-state index contributed by atoms with van der Waals surface area (Å²) in [6.07, 6.45) is -3.95. The average molecular weight is 321 g/mol. The van der Waals surface area contributed by atoms with Crippen LogP contribution in [0.25, 0.3) is 0 Å². The van der Waals surface area contributed by atoms with Crippen molar-refractivity contribution in [1.29, 1.82) is 0 Å². The van der Waals surface area contributed by atoms with Gasteiger partial charge in [0.25, 0.3) is 0 Å². The van der Waals surface area contributed by atoms with Gasteiger partial charge in [-0.1, -0.05) is 6.58 Å². The van der Waals surface area contributed by atoms with E-state index in [1.165, 1.54) is 13.0 Å². The summed E-state index contributed by atoms with van der Waals surface area (Å²) in [5, 5.41) is 0. The summed E-state index contributed by atoms with van der Waals surface area (Å²) in [6, 6.07) is 0. The molecule has 0 aromatic carbocycles. The Morgan fingerprint density at radius 1 is 1.32 bits per heavy atom. The molecule has 0 aliphatic rings. The SMILES string of the molecule is C=C(C)C(=O)O/C=C(\CCN=C=O)C(=O)OCCC(F)(F)F. The second kappa shape index (κ2) is 9.51. The number of nitrogens with zero attached hydrogens (tertiary/aromatic N) is 1. The number of rotatable bonds is 8. The number of carbonyl (C=O) groups is 2. The number of alkyl halides is 3. The molecule has 0 saturated heterocycles. The third-order valence-electron chi connectivity index (χ3n) is 2.10. The van der Waals surface area contributed by atoms with Crippen molar-refractivity contribution in [1.82, 2.24) is 0 Å². The highest BCUT2D eigenvalue weighted by Gasteiger charge is 2.27. The molecular weight excluding hydrogens is 307 g/mol. The molecule has 0 saturated carbocycles. The van der Waals surface area contributed by atoms with Gasteiger partial charge in [-0.3, -0.25) is 0 Å². The van der Waals surface area contributed by atoms with E-state index in [9.17, 15) is 27.6 Å². The molecule has 0 N–H and O–H groups in total. The zero-order valence-corrected chi connectivity index (χ0v) is 11.7. The lowest BCUT2D eigenvalue weighted by atomic mass is 10.2. The highest BCUT2D eigenvalue weighted by molar-refractivity contribution is 5.90. The maximum absolute atomic E-state index is 12.0. The minimum absolute atomic E-state index is 0.0620. The number of esters is 2. The van der Waals surface area contributed by atoms with Gasteiger partial charge in [-0.15, -0.1) is 0 Å². The maximum Gasteiger partial charge on any atom is 0.392 e. The van der Waals surface area contributed by atoms with Crippen LogP contribution in [-0.2, 0) is 23.9 Å². The van der Waals surface area contributed by atoms with Crippen LogP contribution in [-0.4, -0.2) is 37.3 Å². The molecule has 122 valence electrons.